The molecule has 0 nitrogen and oxygen atoms in total. The summed E-state index contributed by atoms with van der Waals surface area (Å²) in [6.07, 6.45) is 0. The van der Waals surface area contributed by atoms with Crippen LogP contribution in [-0.2, 0) is 0 Å². The van der Waals surface area contributed by atoms with Gasteiger partial charge in [-0.3, -0.25) is 0 Å². The standard InChI is InChI=1S/C22H12B2/c1-2-6-14-13(5-1)9-10-19-22(14)17-12-20-16(11-21(17)24-19)15-7-3-4-8-18(15)23-20/h1-12H. The van der Waals surface area contributed by atoms with Crippen LogP contribution in [0, 0.1) is 0 Å². The van der Waals surface area contributed by atoms with Gasteiger partial charge < -0.3 is 0 Å². The minimum Gasteiger partial charge on any atom is -0.0737 e. The summed E-state index contributed by atoms with van der Waals surface area (Å²) >= 11 is 0. The molecule has 0 N–H and O–H groups in total. The molecular weight excluding hydrogens is 286 g/mol. The molecule has 2 aliphatic heterocycles. The Kier molecular flexibility index (Phi) is 2.33. The fraction of sp³-hybridized carbons (Fsp3) is 0. The van der Waals surface area contributed by atoms with Crippen LogP contribution in [0.25, 0.3) is 33.0 Å². The lowest BCUT2D eigenvalue weighted by Crippen LogP contribution is -2.24. The van der Waals surface area contributed by atoms with Crippen molar-refractivity contribution in [2.24, 2.45) is 0 Å². The van der Waals surface area contributed by atoms with Crippen molar-refractivity contribution in [3.05, 3.63) is 72.8 Å². The summed E-state index contributed by atoms with van der Waals surface area (Å²) in [6, 6.07) is 26.6. The van der Waals surface area contributed by atoms with Crippen molar-refractivity contribution in [2.75, 3.05) is 0 Å². The van der Waals surface area contributed by atoms with E-state index >= 15 is 0 Å². The highest BCUT2D eigenvalue weighted by atomic mass is 14.2. The fourth-order valence-corrected chi connectivity index (χ4v) is 4.23. The number of hydrogen-bond donors (Lipinski definition) is 0. The summed E-state index contributed by atoms with van der Waals surface area (Å²) in [4.78, 5) is 0. The molecular formula is C22H12B2. The van der Waals surface area contributed by atoms with E-state index in [1.165, 1.54) is 54.9 Å². The van der Waals surface area contributed by atoms with Gasteiger partial charge in [-0.05, 0) is 33.0 Å². The molecule has 0 aliphatic carbocycles. The monoisotopic (exact) mass is 298 g/mol. The summed E-state index contributed by atoms with van der Waals surface area (Å²) in [5.41, 5.74) is 10.8. The van der Waals surface area contributed by atoms with Crippen LogP contribution in [0.2, 0.25) is 0 Å². The van der Waals surface area contributed by atoms with Gasteiger partial charge in [0.2, 0.25) is 0 Å². The summed E-state index contributed by atoms with van der Waals surface area (Å²) in [5.74, 6) is 0. The second-order valence-corrected chi connectivity index (χ2v) is 6.65. The number of rotatable bonds is 0. The lowest BCUT2D eigenvalue weighted by atomic mass is 9.65. The van der Waals surface area contributed by atoms with E-state index < -0.39 is 0 Å². The first-order valence-electron chi connectivity index (χ1n) is 8.37. The topological polar surface area (TPSA) is 0 Å². The van der Waals surface area contributed by atoms with Crippen LogP contribution in [0.4, 0.5) is 0 Å². The first-order valence-corrected chi connectivity index (χ1v) is 8.37. The second kappa shape index (κ2) is 4.42. The van der Waals surface area contributed by atoms with Gasteiger partial charge in [-0.25, -0.2) is 0 Å². The van der Waals surface area contributed by atoms with Crippen LogP contribution in [-0.4, -0.2) is 14.6 Å². The van der Waals surface area contributed by atoms with Crippen LogP contribution in [0.5, 0.6) is 0 Å². The van der Waals surface area contributed by atoms with E-state index in [0.717, 1.165) is 0 Å². The normalized spacial score (nSPS) is 12.8. The molecule has 0 spiro atoms. The predicted molar refractivity (Wildman–Crippen MR) is 105 cm³/mol. The quantitative estimate of drug-likeness (QED) is 0.377. The lowest BCUT2D eigenvalue weighted by Gasteiger charge is -2.10. The Morgan fingerprint density at radius 2 is 1.25 bits per heavy atom. The number of hydrogen-bond acceptors (Lipinski definition) is 0. The van der Waals surface area contributed by atoms with Gasteiger partial charge >= 0.3 is 0 Å². The Hall–Kier alpha value is -2.73. The Labute approximate surface area is 142 Å². The van der Waals surface area contributed by atoms with Gasteiger partial charge in [-0.2, -0.15) is 0 Å². The minimum absolute atomic E-state index is 1.31. The molecule has 0 fully saturated rings. The second-order valence-electron chi connectivity index (χ2n) is 6.65. The summed E-state index contributed by atoms with van der Waals surface area (Å²) < 4.78 is 0. The highest BCUT2D eigenvalue weighted by Gasteiger charge is 2.26. The SMILES string of the molecule is [B]1c2ccccc2-c2cc3c(cc21)-c1c(ccc2ccccc12)[B]3. The fourth-order valence-electron chi connectivity index (χ4n) is 4.23. The van der Waals surface area contributed by atoms with Crippen LogP contribution in [0.3, 0.4) is 0 Å². The van der Waals surface area contributed by atoms with Crippen LogP contribution in [0.15, 0.2) is 72.8 Å². The largest absolute Gasteiger partial charge is 0.193 e. The predicted octanol–water partition coefficient (Wildman–Crippen LogP) is 2.11. The van der Waals surface area contributed by atoms with Crippen LogP contribution >= 0.6 is 0 Å². The van der Waals surface area contributed by atoms with Crippen molar-refractivity contribution in [1.29, 1.82) is 0 Å². The maximum atomic E-state index is 2.37. The smallest absolute Gasteiger partial charge is 0.0737 e. The van der Waals surface area contributed by atoms with Gasteiger partial charge in [0.25, 0.3) is 0 Å². The van der Waals surface area contributed by atoms with E-state index in [1.807, 2.05) is 0 Å². The van der Waals surface area contributed by atoms with Crippen LogP contribution in [0.1, 0.15) is 0 Å². The van der Waals surface area contributed by atoms with Crippen molar-refractivity contribution in [2.45, 2.75) is 0 Å². The van der Waals surface area contributed by atoms with Crippen molar-refractivity contribution in [1.82, 2.24) is 0 Å². The van der Waals surface area contributed by atoms with Crippen molar-refractivity contribution in [3.8, 4) is 22.3 Å². The van der Waals surface area contributed by atoms with Gasteiger partial charge in [0.05, 0.1) is 0 Å². The maximum absolute atomic E-state index is 2.37. The molecule has 0 bridgehead atoms. The average molecular weight is 298 g/mol. The van der Waals surface area contributed by atoms with Crippen LogP contribution < -0.4 is 21.9 Å². The van der Waals surface area contributed by atoms with E-state index in [4.69, 9.17) is 0 Å². The molecule has 0 saturated heterocycles. The summed E-state index contributed by atoms with van der Waals surface area (Å²) in [6.45, 7) is 0. The summed E-state index contributed by atoms with van der Waals surface area (Å²) in [7, 11) is 4.65. The van der Waals surface area contributed by atoms with Gasteiger partial charge in [0.15, 0.2) is 14.6 Å². The van der Waals surface area contributed by atoms with Crippen molar-refractivity contribution >= 4 is 47.2 Å². The molecule has 2 heterocycles. The molecule has 0 unspecified atom stereocenters. The molecule has 2 aliphatic rings. The lowest BCUT2D eigenvalue weighted by molar-refractivity contribution is 1.72. The third-order valence-corrected chi connectivity index (χ3v) is 5.33. The zero-order chi connectivity index (χ0) is 15.7. The van der Waals surface area contributed by atoms with E-state index in [2.05, 4.69) is 87.4 Å². The van der Waals surface area contributed by atoms with Gasteiger partial charge in [0, 0.05) is 0 Å². The third kappa shape index (κ3) is 1.56. The molecule has 106 valence electrons. The van der Waals surface area contributed by atoms with E-state index in [-0.39, 0.29) is 0 Å². The molecule has 0 atom stereocenters. The Bertz CT molecular complexity index is 1160. The molecule has 0 saturated carbocycles. The van der Waals surface area contributed by atoms with Gasteiger partial charge in [0.1, 0.15) is 0 Å². The highest BCUT2D eigenvalue weighted by molar-refractivity contribution is 6.77. The minimum atomic E-state index is 1.31. The van der Waals surface area contributed by atoms with E-state index in [9.17, 15) is 0 Å². The molecule has 2 radical (unpaired) electrons. The number of fused-ring (bicyclic) bond motifs is 8. The molecule has 6 rings (SSSR count). The molecule has 4 aromatic carbocycles. The molecule has 2 heteroatoms. The third-order valence-electron chi connectivity index (χ3n) is 5.33. The Morgan fingerprint density at radius 3 is 2.25 bits per heavy atom. The van der Waals surface area contributed by atoms with Gasteiger partial charge in [-0.15, -0.1) is 0 Å². The van der Waals surface area contributed by atoms with Crippen molar-refractivity contribution < 1.29 is 0 Å². The average Bonchev–Trinajstić information content (AvgIpc) is 3.17. The van der Waals surface area contributed by atoms with Gasteiger partial charge in [-0.1, -0.05) is 94.6 Å². The first-order chi connectivity index (χ1) is 11.9. The Morgan fingerprint density at radius 1 is 0.500 bits per heavy atom. The van der Waals surface area contributed by atoms with E-state index in [0.29, 0.717) is 0 Å². The molecule has 0 amide bonds. The molecule has 0 aromatic heterocycles. The zero-order valence-electron chi connectivity index (χ0n) is 13.1. The molecule has 24 heavy (non-hydrogen) atoms. The zero-order valence-corrected chi connectivity index (χ0v) is 13.1. The van der Waals surface area contributed by atoms with Crippen molar-refractivity contribution in [3.63, 3.8) is 0 Å². The van der Waals surface area contributed by atoms with E-state index in [1.54, 1.807) is 0 Å². The maximum Gasteiger partial charge on any atom is 0.193 e. The number of benzene rings is 4. The summed E-state index contributed by atoms with van der Waals surface area (Å²) in [5, 5.41) is 2.66. The Balaban J connectivity index is 1.64. The highest BCUT2D eigenvalue weighted by Crippen LogP contribution is 2.30. The molecule has 4 aromatic rings. The first kappa shape index (κ1) is 12.7.